The monoisotopic (exact) mass is 351 g/mol. The van der Waals surface area contributed by atoms with E-state index >= 15 is 0 Å². The number of aromatic nitrogens is 1. The van der Waals surface area contributed by atoms with Crippen LogP contribution in [0.2, 0.25) is 0 Å². The van der Waals surface area contributed by atoms with Crippen molar-refractivity contribution in [2.75, 3.05) is 5.75 Å². The predicted octanol–water partition coefficient (Wildman–Crippen LogP) is 1.73. The first-order chi connectivity index (χ1) is 11.5. The minimum absolute atomic E-state index is 0.253. The van der Waals surface area contributed by atoms with Gasteiger partial charge < -0.3 is 20.1 Å². The summed E-state index contributed by atoms with van der Waals surface area (Å²) in [6.07, 6.45) is -0.481. The molecule has 3 rings (SSSR count). The first-order valence-corrected chi connectivity index (χ1v) is 8.54. The van der Waals surface area contributed by atoms with Crippen LogP contribution in [0.4, 0.5) is 4.39 Å². The van der Waals surface area contributed by atoms with E-state index in [-0.39, 0.29) is 11.6 Å². The Hall–Kier alpha value is -1.67. The fourth-order valence-electron chi connectivity index (χ4n) is 2.51. The highest BCUT2D eigenvalue weighted by atomic mass is 32.2. The van der Waals surface area contributed by atoms with E-state index in [4.69, 9.17) is 4.74 Å². The van der Waals surface area contributed by atoms with Crippen LogP contribution in [0.5, 0.6) is 5.75 Å². The minimum Gasteiger partial charge on any atom is -0.475 e. The van der Waals surface area contributed by atoms with Crippen molar-refractivity contribution in [2.24, 2.45) is 0 Å². The Kier molecular flexibility index (Phi) is 5.05. The summed E-state index contributed by atoms with van der Waals surface area (Å²) in [6, 6.07) is 6.45. The molecule has 0 amide bonds. The fourth-order valence-corrected chi connectivity index (χ4v) is 3.63. The molecule has 0 bridgehead atoms. The van der Waals surface area contributed by atoms with E-state index in [2.05, 4.69) is 4.98 Å². The zero-order valence-electron chi connectivity index (χ0n) is 13.0. The van der Waals surface area contributed by atoms with Crippen LogP contribution in [0.25, 0.3) is 11.1 Å². The highest BCUT2D eigenvalue weighted by molar-refractivity contribution is 7.99. The van der Waals surface area contributed by atoms with Gasteiger partial charge in [-0.2, -0.15) is 0 Å². The lowest BCUT2D eigenvalue weighted by Gasteiger charge is -2.34. The highest BCUT2D eigenvalue weighted by Crippen LogP contribution is 2.31. The molecule has 1 aromatic carbocycles. The molecular weight excluding hydrogens is 333 g/mol. The maximum Gasteiger partial charge on any atom is 0.173 e. The van der Waals surface area contributed by atoms with Crippen molar-refractivity contribution in [1.82, 2.24) is 4.98 Å². The number of aliphatic hydroxyl groups excluding tert-OH is 3. The number of pyridine rings is 1. The summed E-state index contributed by atoms with van der Waals surface area (Å²) in [5.41, 5.74) is 1.17. The number of thioether (sulfide) groups is 1. The zero-order valence-corrected chi connectivity index (χ0v) is 13.8. The smallest absolute Gasteiger partial charge is 0.173 e. The summed E-state index contributed by atoms with van der Waals surface area (Å²) in [7, 11) is 0. The van der Waals surface area contributed by atoms with Crippen LogP contribution in [-0.2, 0) is 0 Å². The van der Waals surface area contributed by atoms with Crippen LogP contribution in [0.1, 0.15) is 5.56 Å². The maximum atomic E-state index is 14.0. The third kappa shape index (κ3) is 3.54. The van der Waals surface area contributed by atoms with Crippen molar-refractivity contribution in [3.05, 3.63) is 48.0 Å². The Morgan fingerprint density at radius 1 is 1.17 bits per heavy atom. The lowest BCUT2D eigenvalue weighted by Crippen LogP contribution is -2.50. The van der Waals surface area contributed by atoms with E-state index in [1.54, 1.807) is 18.2 Å². The summed E-state index contributed by atoms with van der Waals surface area (Å²) < 4.78 is 19.7. The molecule has 24 heavy (non-hydrogen) atoms. The Morgan fingerprint density at radius 3 is 2.75 bits per heavy atom. The Labute approximate surface area is 143 Å². The molecule has 5 nitrogen and oxygen atoms in total. The molecule has 4 atom stereocenters. The largest absolute Gasteiger partial charge is 0.475 e. The Morgan fingerprint density at radius 2 is 1.96 bits per heavy atom. The van der Waals surface area contributed by atoms with Gasteiger partial charge in [0.25, 0.3) is 0 Å². The molecule has 1 saturated heterocycles. The lowest BCUT2D eigenvalue weighted by molar-refractivity contribution is -0.0786. The average molecular weight is 351 g/mol. The molecule has 0 radical (unpaired) electrons. The van der Waals surface area contributed by atoms with Gasteiger partial charge >= 0.3 is 0 Å². The van der Waals surface area contributed by atoms with Crippen molar-refractivity contribution in [1.29, 1.82) is 0 Å². The Balaban J connectivity index is 1.82. The second kappa shape index (κ2) is 7.06. The second-order valence-electron chi connectivity index (χ2n) is 5.76. The van der Waals surface area contributed by atoms with Gasteiger partial charge in [0.05, 0.1) is 12.3 Å². The second-order valence-corrected chi connectivity index (χ2v) is 6.89. The number of hydrogen-bond acceptors (Lipinski definition) is 6. The lowest BCUT2D eigenvalue weighted by atomic mass is 10.0. The molecule has 0 spiro atoms. The van der Waals surface area contributed by atoms with E-state index in [0.717, 1.165) is 5.56 Å². The van der Waals surface area contributed by atoms with E-state index in [1.807, 2.05) is 6.92 Å². The normalized spacial score (nSPS) is 27.0. The standard InChI is InChI=1S/C17H18FNO4S/c1-9-2-3-13(18)12(4-9)10-5-11(7-19-6-10)23-17-16(22)15(21)14(20)8-24-17/h2-7,14-17,20-22H,8H2,1H3/t14-,15+,16-,17-/m1/s1. The van der Waals surface area contributed by atoms with Crippen LogP contribution in [-0.4, -0.2) is 49.8 Å². The van der Waals surface area contributed by atoms with Gasteiger partial charge in [-0.25, -0.2) is 4.39 Å². The zero-order chi connectivity index (χ0) is 17.3. The fraction of sp³-hybridized carbons (Fsp3) is 0.353. The minimum atomic E-state index is -1.26. The molecule has 1 aromatic heterocycles. The van der Waals surface area contributed by atoms with Gasteiger partial charge in [0.1, 0.15) is 23.8 Å². The van der Waals surface area contributed by atoms with Gasteiger partial charge in [-0.1, -0.05) is 11.6 Å². The molecule has 0 saturated carbocycles. The van der Waals surface area contributed by atoms with Crippen LogP contribution in [0.15, 0.2) is 36.7 Å². The molecule has 7 heteroatoms. The van der Waals surface area contributed by atoms with Gasteiger partial charge in [0, 0.05) is 23.1 Å². The summed E-state index contributed by atoms with van der Waals surface area (Å²) >= 11 is 1.20. The first-order valence-electron chi connectivity index (χ1n) is 7.50. The van der Waals surface area contributed by atoms with Crippen molar-refractivity contribution in [3.63, 3.8) is 0 Å². The molecule has 2 heterocycles. The number of rotatable bonds is 3. The molecule has 128 valence electrons. The van der Waals surface area contributed by atoms with Crippen LogP contribution < -0.4 is 4.74 Å². The van der Waals surface area contributed by atoms with E-state index in [0.29, 0.717) is 16.9 Å². The molecule has 1 fully saturated rings. The quantitative estimate of drug-likeness (QED) is 0.781. The number of benzene rings is 1. The Bertz CT molecular complexity index is 729. The molecular formula is C17H18FNO4S. The summed E-state index contributed by atoms with van der Waals surface area (Å²) in [5.74, 6) is 0.251. The van der Waals surface area contributed by atoms with Gasteiger partial charge in [0.15, 0.2) is 5.44 Å². The highest BCUT2D eigenvalue weighted by Gasteiger charge is 2.38. The first kappa shape index (κ1) is 17.2. The number of aryl methyl sites for hydroxylation is 1. The maximum absolute atomic E-state index is 14.0. The number of halogens is 1. The van der Waals surface area contributed by atoms with E-state index in [9.17, 15) is 19.7 Å². The van der Waals surface area contributed by atoms with Crippen molar-refractivity contribution < 1.29 is 24.4 Å². The van der Waals surface area contributed by atoms with E-state index < -0.39 is 23.7 Å². The number of hydrogen-bond donors (Lipinski definition) is 3. The molecule has 1 aliphatic heterocycles. The molecule has 0 aliphatic carbocycles. The molecule has 1 aliphatic rings. The predicted molar refractivity (Wildman–Crippen MR) is 89.3 cm³/mol. The third-order valence-electron chi connectivity index (χ3n) is 3.85. The molecule has 2 aromatic rings. The van der Waals surface area contributed by atoms with Crippen molar-refractivity contribution in [2.45, 2.75) is 30.7 Å². The molecule has 3 N–H and O–H groups in total. The van der Waals surface area contributed by atoms with Crippen LogP contribution in [0.3, 0.4) is 0 Å². The van der Waals surface area contributed by atoms with E-state index in [1.165, 1.54) is 30.2 Å². The summed E-state index contributed by atoms with van der Waals surface area (Å²) in [4.78, 5) is 4.06. The topological polar surface area (TPSA) is 82.8 Å². The van der Waals surface area contributed by atoms with Gasteiger partial charge in [-0.05, 0) is 25.1 Å². The van der Waals surface area contributed by atoms with Gasteiger partial charge in [-0.15, -0.1) is 11.8 Å². The van der Waals surface area contributed by atoms with Gasteiger partial charge in [0.2, 0.25) is 0 Å². The SMILES string of the molecule is Cc1ccc(F)c(-c2cncc(O[C@@H]3SC[C@@H](O)[C@H](O)[C@H]3O)c2)c1. The number of nitrogens with zero attached hydrogens (tertiary/aromatic N) is 1. The number of aliphatic hydroxyl groups is 3. The summed E-state index contributed by atoms with van der Waals surface area (Å²) in [5, 5.41) is 29.3. The van der Waals surface area contributed by atoms with Crippen LogP contribution >= 0.6 is 11.8 Å². The third-order valence-corrected chi connectivity index (χ3v) is 5.09. The van der Waals surface area contributed by atoms with Crippen molar-refractivity contribution in [3.8, 4) is 16.9 Å². The van der Waals surface area contributed by atoms with Crippen molar-refractivity contribution >= 4 is 11.8 Å². The molecule has 0 unspecified atom stereocenters. The van der Waals surface area contributed by atoms with Crippen LogP contribution in [0, 0.1) is 12.7 Å². The summed E-state index contributed by atoms with van der Waals surface area (Å²) in [6.45, 7) is 1.87. The van der Waals surface area contributed by atoms with Gasteiger partial charge in [-0.3, -0.25) is 4.98 Å². The number of ether oxygens (including phenoxy) is 1. The average Bonchev–Trinajstić information content (AvgIpc) is 2.58.